The lowest BCUT2D eigenvalue weighted by atomic mass is 10.1. The van der Waals surface area contributed by atoms with E-state index < -0.39 is 5.83 Å². The first-order valence-electron chi connectivity index (χ1n) is 2.74. The number of halogens is 1. The minimum Gasteiger partial charge on any atom is -0.298 e. The monoisotopic (exact) mass is 151 g/mol. The smallest absolute Gasteiger partial charge is 0.154 e. The average molecular weight is 151 g/mol. The van der Waals surface area contributed by atoms with Crippen molar-refractivity contribution in [2.24, 2.45) is 0 Å². The molecule has 0 amide bonds. The highest BCUT2D eigenvalue weighted by Gasteiger charge is 2.05. The van der Waals surface area contributed by atoms with Gasteiger partial charge >= 0.3 is 0 Å². The molecule has 0 aliphatic carbocycles. The molecule has 0 heterocycles. The number of aldehydes is 1. The number of hydrogen-bond donors (Lipinski definition) is 0. The molecule has 0 unspecified atom stereocenters. The fraction of sp³-hybridized carbons (Fsp3) is 0. The summed E-state index contributed by atoms with van der Waals surface area (Å²) in [7, 11) is 0. The first-order chi connectivity index (χ1) is 5.17. The molecule has 0 atom stereocenters. The first-order valence-corrected chi connectivity index (χ1v) is 2.74. The lowest BCUT2D eigenvalue weighted by Crippen LogP contribution is -1.89. The Balaban J connectivity index is 5.14. The summed E-state index contributed by atoms with van der Waals surface area (Å²) in [5.74, 6) is -0.920. The maximum absolute atomic E-state index is 12.3. The lowest BCUT2D eigenvalue weighted by molar-refractivity contribution is -0.104. The molecule has 3 heteroatoms. The summed E-state index contributed by atoms with van der Waals surface area (Å²) >= 11 is 0. The van der Waals surface area contributed by atoms with Gasteiger partial charge in [0.2, 0.25) is 0 Å². The van der Waals surface area contributed by atoms with Gasteiger partial charge in [-0.15, -0.1) is 0 Å². The lowest BCUT2D eigenvalue weighted by Gasteiger charge is -1.93. The fourth-order valence-electron chi connectivity index (χ4n) is 0.489. The molecule has 0 bridgehead atoms. The number of allylic oxidation sites excluding steroid dienone is 4. The number of carbonyl (C=O) groups is 1. The summed E-state index contributed by atoms with van der Waals surface area (Å²) in [5, 5.41) is 8.33. The number of carbonyl (C=O) groups excluding carboxylic acids is 1. The maximum atomic E-state index is 12.3. The Morgan fingerprint density at radius 1 is 1.64 bits per heavy atom. The molecule has 0 spiro atoms. The van der Waals surface area contributed by atoms with Crippen LogP contribution < -0.4 is 0 Å². The Morgan fingerprint density at radius 3 is 2.27 bits per heavy atom. The Hall–Kier alpha value is -1.69. The van der Waals surface area contributed by atoms with Gasteiger partial charge in [-0.05, 0) is 0 Å². The molecule has 0 aromatic rings. The van der Waals surface area contributed by atoms with Gasteiger partial charge in [0.25, 0.3) is 0 Å². The molecule has 0 radical (unpaired) electrons. The van der Waals surface area contributed by atoms with Crippen molar-refractivity contribution in [1.29, 1.82) is 5.26 Å². The SMILES string of the molecule is C=C/C(C#N)=C(/C=O)C(=C)F. The molecule has 0 aromatic heterocycles. The highest BCUT2D eigenvalue weighted by atomic mass is 19.1. The van der Waals surface area contributed by atoms with E-state index in [9.17, 15) is 9.18 Å². The van der Waals surface area contributed by atoms with Gasteiger partial charge in [0, 0.05) is 0 Å². The van der Waals surface area contributed by atoms with Crippen LogP contribution in [0.1, 0.15) is 0 Å². The largest absolute Gasteiger partial charge is 0.298 e. The second kappa shape index (κ2) is 4.18. The van der Waals surface area contributed by atoms with Crippen molar-refractivity contribution >= 4 is 6.29 Å². The number of nitriles is 1. The van der Waals surface area contributed by atoms with E-state index in [1.807, 2.05) is 0 Å². The number of rotatable bonds is 3. The van der Waals surface area contributed by atoms with Crippen LogP contribution in [-0.4, -0.2) is 6.29 Å². The molecule has 2 nitrogen and oxygen atoms in total. The first kappa shape index (κ1) is 9.31. The quantitative estimate of drug-likeness (QED) is 0.266. The van der Waals surface area contributed by atoms with Crippen molar-refractivity contribution in [3.63, 3.8) is 0 Å². The molecular formula is C8H6FNO. The minimum absolute atomic E-state index is 0.104. The van der Waals surface area contributed by atoms with E-state index in [-0.39, 0.29) is 17.4 Å². The molecule has 0 saturated carbocycles. The van der Waals surface area contributed by atoms with E-state index in [1.54, 1.807) is 6.07 Å². The molecule has 0 aromatic carbocycles. The van der Waals surface area contributed by atoms with Crippen LogP contribution in [0.2, 0.25) is 0 Å². The summed E-state index contributed by atoms with van der Waals surface area (Å²) < 4.78 is 12.3. The second-order valence-electron chi connectivity index (χ2n) is 1.67. The fourth-order valence-corrected chi connectivity index (χ4v) is 0.489. The van der Waals surface area contributed by atoms with Gasteiger partial charge in [-0.3, -0.25) is 4.79 Å². The molecule has 0 N–H and O–H groups in total. The van der Waals surface area contributed by atoms with E-state index in [0.29, 0.717) is 0 Å². The van der Waals surface area contributed by atoms with Crippen LogP contribution in [0.25, 0.3) is 0 Å². The molecule has 0 saturated heterocycles. The van der Waals surface area contributed by atoms with Crippen molar-refractivity contribution in [3.8, 4) is 6.07 Å². The molecule has 0 aliphatic heterocycles. The molecule has 56 valence electrons. The van der Waals surface area contributed by atoms with Gasteiger partial charge < -0.3 is 0 Å². The zero-order valence-electron chi connectivity index (χ0n) is 5.80. The van der Waals surface area contributed by atoms with E-state index in [2.05, 4.69) is 13.2 Å². The van der Waals surface area contributed by atoms with Gasteiger partial charge in [0.15, 0.2) is 6.29 Å². The van der Waals surface area contributed by atoms with Crippen molar-refractivity contribution in [2.45, 2.75) is 0 Å². The predicted octanol–water partition coefficient (Wildman–Crippen LogP) is 1.67. The molecule has 0 aliphatic rings. The molecule has 0 fully saturated rings. The van der Waals surface area contributed by atoms with Gasteiger partial charge in [0.05, 0.1) is 17.2 Å². The van der Waals surface area contributed by atoms with Gasteiger partial charge in [0.1, 0.15) is 5.83 Å². The second-order valence-corrected chi connectivity index (χ2v) is 1.67. The highest BCUT2D eigenvalue weighted by molar-refractivity contribution is 5.82. The van der Waals surface area contributed by atoms with Gasteiger partial charge in [-0.1, -0.05) is 19.2 Å². The summed E-state index contributed by atoms with van der Waals surface area (Å²) in [4.78, 5) is 10.1. The molecule has 11 heavy (non-hydrogen) atoms. The average Bonchev–Trinajstić information content (AvgIpc) is 1.99. The van der Waals surface area contributed by atoms with Crippen LogP contribution in [0, 0.1) is 11.3 Å². The third-order valence-corrected chi connectivity index (χ3v) is 1.02. The molecule has 0 rings (SSSR count). The third kappa shape index (κ3) is 2.18. The number of hydrogen-bond acceptors (Lipinski definition) is 2. The zero-order chi connectivity index (χ0) is 8.85. The van der Waals surface area contributed by atoms with Crippen LogP contribution in [0.3, 0.4) is 0 Å². The standard InChI is InChI=1S/C8H6FNO/c1-3-7(4-10)8(5-11)6(2)9/h3,5H,1-2H2/b8-7+. The van der Waals surface area contributed by atoms with Gasteiger partial charge in [-0.25, -0.2) is 4.39 Å². The van der Waals surface area contributed by atoms with Crippen LogP contribution in [0.4, 0.5) is 4.39 Å². The predicted molar refractivity (Wildman–Crippen MR) is 39.1 cm³/mol. The summed E-state index contributed by atoms with van der Waals surface area (Å²) in [6, 6.07) is 1.61. The van der Waals surface area contributed by atoms with Crippen molar-refractivity contribution < 1.29 is 9.18 Å². The maximum Gasteiger partial charge on any atom is 0.154 e. The summed E-state index contributed by atoms with van der Waals surface area (Å²) in [6.45, 7) is 6.12. The van der Waals surface area contributed by atoms with Crippen molar-refractivity contribution in [1.82, 2.24) is 0 Å². The van der Waals surface area contributed by atoms with Gasteiger partial charge in [-0.2, -0.15) is 5.26 Å². The van der Waals surface area contributed by atoms with Crippen LogP contribution >= 0.6 is 0 Å². The normalized spacial score (nSPS) is 10.9. The van der Waals surface area contributed by atoms with E-state index >= 15 is 0 Å². The van der Waals surface area contributed by atoms with Crippen molar-refractivity contribution in [3.05, 3.63) is 36.2 Å². The number of nitrogens with zero attached hydrogens (tertiary/aromatic N) is 1. The Morgan fingerprint density at radius 2 is 2.18 bits per heavy atom. The Labute approximate surface area is 63.9 Å². The van der Waals surface area contributed by atoms with E-state index in [0.717, 1.165) is 6.08 Å². The Kier molecular flexibility index (Phi) is 3.54. The molecular weight excluding hydrogens is 145 g/mol. The summed E-state index contributed by atoms with van der Waals surface area (Å²) in [6.07, 6.45) is 1.34. The third-order valence-electron chi connectivity index (χ3n) is 1.02. The topological polar surface area (TPSA) is 40.9 Å². The van der Waals surface area contributed by atoms with E-state index in [4.69, 9.17) is 5.26 Å². The van der Waals surface area contributed by atoms with Crippen LogP contribution in [0.5, 0.6) is 0 Å². The summed E-state index contributed by atoms with van der Waals surface area (Å²) in [5.41, 5.74) is -0.449. The van der Waals surface area contributed by atoms with Crippen LogP contribution in [0.15, 0.2) is 36.2 Å². The Bertz CT molecular complexity index is 270. The zero-order valence-corrected chi connectivity index (χ0v) is 5.80. The minimum atomic E-state index is -0.920. The van der Waals surface area contributed by atoms with Crippen LogP contribution in [-0.2, 0) is 4.79 Å². The highest BCUT2D eigenvalue weighted by Crippen LogP contribution is 2.11. The van der Waals surface area contributed by atoms with E-state index in [1.165, 1.54) is 0 Å². The van der Waals surface area contributed by atoms with Crippen molar-refractivity contribution in [2.75, 3.05) is 0 Å².